The highest BCUT2D eigenvalue weighted by molar-refractivity contribution is 9.10. The van der Waals surface area contributed by atoms with Crippen molar-refractivity contribution in [3.63, 3.8) is 0 Å². The molecule has 0 saturated carbocycles. The van der Waals surface area contributed by atoms with E-state index in [9.17, 15) is 4.79 Å². The molecular formula is C8H6BrClO2. The predicted octanol–water partition coefficient (Wildman–Crippen LogP) is 2.84. The molecule has 0 aliphatic rings. The summed E-state index contributed by atoms with van der Waals surface area (Å²) in [7, 11) is 1.49. The summed E-state index contributed by atoms with van der Waals surface area (Å²) in [5.41, 5.74) is 0.369. The first-order chi connectivity index (χ1) is 5.66. The molecule has 0 aromatic heterocycles. The van der Waals surface area contributed by atoms with Crippen LogP contribution in [0.5, 0.6) is 5.75 Å². The molecule has 0 aliphatic carbocycles. The minimum absolute atomic E-state index is 0.369. The van der Waals surface area contributed by atoms with Gasteiger partial charge in [-0.05, 0) is 39.7 Å². The van der Waals surface area contributed by atoms with Crippen molar-refractivity contribution in [1.82, 2.24) is 0 Å². The molecule has 0 unspecified atom stereocenters. The van der Waals surface area contributed by atoms with Gasteiger partial charge in [-0.15, -0.1) is 0 Å². The maximum Gasteiger partial charge on any atom is 0.256 e. The molecule has 0 heterocycles. The molecule has 2 nitrogen and oxygen atoms in total. The van der Waals surface area contributed by atoms with Crippen molar-refractivity contribution in [3.05, 3.63) is 28.2 Å². The molecule has 0 N–H and O–H groups in total. The number of methoxy groups -OCH3 is 1. The Bertz CT molecular complexity index is 312. The summed E-state index contributed by atoms with van der Waals surface area (Å²) in [6, 6.07) is 5.11. The minimum Gasteiger partial charge on any atom is -0.495 e. The zero-order chi connectivity index (χ0) is 9.14. The van der Waals surface area contributed by atoms with Crippen molar-refractivity contribution in [1.29, 1.82) is 0 Å². The van der Waals surface area contributed by atoms with Gasteiger partial charge < -0.3 is 4.74 Å². The van der Waals surface area contributed by atoms with E-state index in [0.717, 1.165) is 4.47 Å². The van der Waals surface area contributed by atoms with Crippen LogP contribution < -0.4 is 4.74 Å². The Hall–Kier alpha value is -0.540. The average Bonchev–Trinajstić information content (AvgIpc) is 2.03. The number of carbonyl (C=O) groups is 1. The first-order valence-corrected chi connectivity index (χ1v) is 4.36. The van der Waals surface area contributed by atoms with E-state index in [2.05, 4.69) is 15.9 Å². The maximum absolute atomic E-state index is 10.8. The standard InChI is InChI=1S/C8H6BrClO2/c1-12-7-5(8(10)11)3-2-4-6(7)9/h2-4H,1H3. The zero-order valence-electron chi connectivity index (χ0n) is 6.30. The molecule has 12 heavy (non-hydrogen) atoms. The molecule has 1 aromatic carbocycles. The molecule has 0 fully saturated rings. The third-order valence-electron chi connectivity index (χ3n) is 1.38. The number of hydrogen-bond acceptors (Lipinski definition) is 2. The molecule has 0 spiro atoms. The topological polar surface area (TPSA) is 26.3 Å². The summed E-state index contributed by atoms with van der Waals surface area (Å²) < 4.78 is 5.70. The van der Waals surface area contributed by atoms with Crippen molar-refractivity contribution in [2.75, 3.05) is 7.11 Å². The number of carbonyl (C=O) groups excluding carboxylic acids is 1. The van der Waals surface area contributed by atoms with E-state index in [1.165, 1.54) is 7.11 Å². The average molecular weight is 249 g/mol. The van der Waals surface area contributed by atoms with Crippen LogP contribution in [0.4, 0.5) is 0 Å². The second kappa shape index (κ2) is 3.92. The zero-order valence-corrected chi connectivity index (χ0v) is 8.65. The first-order valence-electron chi connectivity index (χ1n) is 3.19. The van der Waals surface area contributed by atoms with Gasteiger partial charge in [0.1, 0.15) is 5.75 Å². The van der Waals surface area contributed by atoms with Gasteiger partial charge in [0.05, 0.1) is 17.1 Å². The van der Waals surface area contributed by atoms with Gasteiger partial charge in [-0.25, -0.2) is 0 Å². The van der Waals surface area contributed by atoms with Crippen LogP contribution in [0, 0.1) is 0 Å². The van der Waals surface area contributed by atoms with Gasteiger partial charge in [-0.2, -0.15) is 0 Å². The highest BCUT2D eigenvalue weighted by Gasteiger charge is 2.11. The number of hydrogen-bond donors (Lipinski definition) is 0. The van der Waals surface area contributed by atoms with Crippen LogP contribution in [-0.2, 0) is 0 Å². The van der Waals surface area contributed by atoms with Crippen LogP contribution >= 0.6 is 27.5 Å². The molecule has 4 heteroatoms. The highest BCUT2D eigenvalue weighted by atomic mass is 79.9. The van der Waals surface area contributed by atoms with Gasteiger partial charge in [0.15, 0.2) is 0 Å². The molecule has 1 aromatic rings. The van der Waals surface area contributed by atoms with E-state index in [-0.39, 0.29) is 0 Å². The third-order valence-corrected chi connectivity index (χ3v) is 2.21. The lowest BCUT2D eigenvalue weighted by Gasteiger charge is -2.05. The van der Waals surface area contributed by atoms with Crippen LogP contribution in [0.25, 0.3) is 0 Å². The molecule has 0 atom stereocenters. The van der Waals surface area contributed by atoms with E-state index in [1.807, 2.05) is 0 Å². The molecule has 64 valence electrons. The van der Waals surface area contributed by atoms with Crippen LogP contribution in [0.15, 0.2) is 22.7 Å². The van der Waals surface area contributed by atoms with Gasteiger partial charge in [0, 0.05) is 0 Å². The van der Waals surface area contributed by atoms with E-state index in [4.69, 9.17) is 16.3 Å². The van der Waals surface area contributed by atoms with Crippen molar-refractivity contribution in [3.8, 4) is 5.75 Å². The summed E-state index contributed by atoms with van der Waals surface area (Å²) in [5, 5.41) is -0.520. The van der Waals surface area contributed by atoms with Crippen LogP contribution in [0.1, 0.15) is 10.4 Å². The Balaban J connectivity index is 3.27. The minimum atomic E-state index is -0.520. The monoisotopic (exact) mass is 248 g/mol. The SMILES string of the molecule is COc1c(Br)cccc1C(=O)Cl. The quantitative estimate of drug-likeness (QED) is 0.754. The number of ether oxygens (including phenoxy) is 1. The molecule has 0 bridgehead atoms. The first kappa shape index (κ1) is 9.55. The third kappa shape index (κ3) is 1.79. The summed E-state index contributed by atoms with van der Waals surface area (Å²) >= 11 is 8.56. The van der Waals surface area contributed by atoms with Gasteiger partial charge in [-0.1, -0.05) is 6.07 Å². The molecule has 0 saturated heterocycles. The lowest BCUT2D eigenvalue weighted by molar-refractivity contribution is 0.107. The van der Waals surface area contributed by atoms with Crippen molar-refractivity contribution in [2.45, 2.75) is 0 Å². The van der Waals surface area contributed by atoms with E-state index < -0.39 is 5.24 Å². The van der Waals surface area contributed by atoms with E-state index in [0.29, 0.717) is 11.3 Å². The lowest BCUT2D eigenvalue weighted by Crippen LogP contribution is -1.95. The Labute approximate surface area is 83.6 Å². The number of rotatable bonds is 2. The molecule has 0 radical (unpaired) electrons. The van der Waals surface area contributed by atoms with Crippen LogP contribution in [0.2, 0.25) is 0 Å². The second-order valence-electron chi connectivity index (χ2n) is 2.09. The van der Waals surface area contributed by atoms with Gasteiger partial charge in [-0.3, -0.25) is 4.79 Å². The van der Waals surface area contributed by atoms with Crippen molar-refractivity contribution in [2.24, 2.45) is 0 Å². The fraction of sp³-hybridized carbons (Fsp3) is 0.125. The fourth-order valence-corrected chi connectivity index (χ4v) is 1.55. The Morgan fingerprint density at radius 1 is 1.58 bits per heavy atom. The van der Waals surface area contributed by atoms with Gasteiger partial charge >= 0.3 is 0 Å². The normalized spacial score (nSPS) is 9.58. The van der Waals surface area contributed by atoms with Crippen LogP contribution in [-0.4, -0.2) is 12.4 Å². The molecule has 0 amide bonds. The van der Waals surface area contributed by atoms with Crippen molar-refractivity contribution < 1.29 is 9.53 Å². The second-order valence-corrected chi connectivity index (χ2v) is 3.29. The number of para-hydroxylation sites is 1. The summed E-state index contributed by atoms with van der Waals surface area (Å²) in [6.45, 7) is 0. The largest absolute Gasteiger partial charge is 0.495 e. The summed E-state index contributed by atoms with van der Waals surface area (Å²) in [5.74, 6) is 0.470. The fourth-order valence-electron chi connectivity index (χ4n) is 0.871. The Morgan fingerprint density at radius 2 is 2.25 bits per heavy atom. The summed E-state index contributed by atoms with van der Waals surface area (Å²) in [6.07, 6.45) is 0. The lowest BCUT2D eigenvalue weighted by atomic mass is 10.2. The van der Waals surface area contributed by atoms with Gasteiger partial charge in [0.25, 0.3) is 5.24 Å². The van der Waals surface area contributed by atoms with Gasteiger partial charge in [0.2, 0.25) is 0 Å². The smallest absolute Gasteiger partial charge is 0.256 e. The molecule has 0 aliphatic heterocycles. The highest BCUT2D eigenvalue weighted by Crippen LogP contribution is 2.29. The number of benzene rings is 1. The van der Waals surface area contributed by atoms with E-state index in [1.54, 1.807) is 18.2 Å². The van der Waals surface area contributed by atoms with Crippen molar-refractivity contribution >= 4 is 32.8 Å². The summed E-state index contributed by atoms with van der Waals surface area (Å²) in [4.78, 5) is 10.8. The maximum atomic E-state index is 10.8. The Kier molecular flexibility index (Phi) is 3.12. The van der Waals surface area contributed by atoms with Crippen LogP contribution in [0.3, 0.4) is 0 Å². The molecular weight excluding hydrogens is 243 g/mol. The Morgan fingerprint density at radius 3 is 2.67 bits per heavy atom. The van der Waals surface area contributed by atoms with E-state index >= 15 is 0 Å². The number of halogens is 2. The molecule has 1 rings (SSSR count). The predicted molar refractivity (Wildman–Crippen MR) is 50.9 cm³/mol.